The van der Waals surface area contributed by atoms with Gasteiger partial charge in [-0.05, 0) is 24.6 Å². The molecule has 15 heavy (non-hydrogen) atoms. The highest BCUT2D eigenvalue weighted by Gasteiger charge is 2.10. The van der Waals surface area contributed by atoms with Gasteiger partial charge in [0.15, 0.2) is 5.78 Å². The molecule has 4 heteroatoms. The van der Waals surface area contributed by atoms with E-state index in [1.165, 1.54) is 12.1 Å². The zero-order valence-electron chi connectivity index (χ0n) is 8.08. The third-order valence-electron chi connectivity index (χ3n) is 2.14. The fourth-order valence-corrected chi connectivity index (χ4v) is 1.54. The number of carbonyl (C=O) groups is 2. The van der Waals surface area contributed by atoms with Gasteiger partial charge >= 0.3 is 0 Å². The third kappa shape index (κ3) is 2.31. The number of rotatable bonds is 3. The molecule has 1 rings (SSSR count). The first-order valence-electron chi connectivity index (χ1n) is 4.23. The van der Waals surface area contributed by atoms with Crippen molar-refractivity contribution >= 4 is 28.0 Å². The van der Waals surface area contributed by atoms with Gasteiger partial charge in [-0.3, -0.25) is 9.59 Å². The van der Waals surface area contributed by atoms with Gasteiger partial charge in [-0.25, -0.2) is 0 Å². The average molecular weight is 266 g/mol. The molecular formula is C11H8BrNO2. The molecule has 76 valence electrons. The molecule has 1 aromatic carbocycles. The smallest absolute Gasteiger partial charge is 0.173 e. The Morgan fingerprint density at radius 2 is 2.27 bits per heavy atom. The SMILES string of the molecule is Cc1c(C#N)cc(C(=O)CBr)cc1C=O. The highest BCUT2D eigenvalue weighted by atomic mass is 79.9. The Morgan fingerprint density at radius 1 is 1.60 bits per heavy atom. The van der Waals surface area contributed by atoms with E-state index in [-0.39, 0.29) is 11.1 Å². The molecule has 3 nitrogen and oxygen atoms in total. The molecule has 0 heterocycles. The zero-order valence-corrected chi connectivity index (χ0v) is 9.67. The van der Waals surface area contributed by atoms with Crippen molar-refractivity contribution in [1.29, 1.82) is 5.26 Å². The summed E-state index contributed by atoms with van der Waals surface area (Å²) < 4.78 is 0. The third-order valence-corrected chi connectivity index (χ3v) is 2.65. The summed E-state index contributed by atoms with van der Waals surface area (Å²) in [5.74, 6) is -0.144. The van der Waals surface area contributed by atoms with Crippen LogP contribution in [0.1, 0.15) is 31.8 Å². The van der Waals surface area contributed by atoms with Crippen LogP contribution in [0.4, 0.5) is 0 Å². The maximum Gasteiger partial charge on any atom is 0.173 e. The van der Waals surface area contributed by atoms with Crippen molar-refractivity contribution in [2.24, 2.45) is 0 Å². The van der Waals surface area contributed by atoms with Crippen LogP contribution in [0.15, 0.2) is 12.1 Å². The van der Waals surface area contributed by atoms with Crippen molar-refractivity contribution in [1.82, 2.24) is 0 Å². The van der Waals surface area contributed by atoms with E-state index in [4.69, 9.17) is 5.26 Å². The van der Waals surface area contributed by atoms with Crippen LogP contribution in [0.3, 0.4) is 0 Å². The van der Waals surface area contributed by atoms with Crippen molar-refractivity contribution in [3.05, 3.63) is 34.4 Å². The molecule has 0 aliphatic heterocycles. The van der Waals surface area contributed by atoms with Crippen LogP contribution in [-0.4, -0.2) is 17.4 Å². The molecule has 0 N–H and O–H groups in total. The number of nitriles is 1. The van der Waals surface area contributed by atoms with Crippen molar-refractivity contribution in [3.63, 3.8) is 0 Å². The number of ketones is 1. The van der Waals surface area contributed by atoms with Gasteiger partial charge < -0.3 is 0 Å². The van der Waals surface area contributed by atoms with Crippen LogP contribution in [-0.2, 0) is 0 Å². The zero-order chi connectivity index (χ0) is 11.4. The fourth-order valence-electron chi connectivity index (χ4n) is 1.21. The highest BCUT2D eigenvalue weighted by Crippen LogP contribution is 2.16. The number of benzene rings is 1. The van der Waals surface area contributed by atoms with Gasteiger partial charge in [0.1, 0.15) is 6.29 Å². The van der Waals surface area contributed by atoms with Gasteiger partial charge in [0, 0.05) is 11.1 Å². The van der Waals surface area contributed by atoms with Crippen LogP contribution in [0, 0.1) is 18.3 Å². The molecule has 0 unspecified atom stereocenters. The standard InChI is InChI=1S/C11H8BrNO2/c1-7-9(5-13)2-8(11(15)4-12)3-10(7)6-14/h2-3,6H,4H2,1H3. The molecule has 0 spiro atoms. The normalized spacial score (nSPS) is 9.40. The van der Waals surface area contributed by atoms with Gasteiger partial charge in [-0.15, -0.1) is 0 Å². The highest BCUT2D eigenvalue weighted by molar-refractivity contribution is 9.09. The number of carbonyl (C=O) groups excluding carboxylic acids is 2. The number of hydrogen-bond donors (Lipinski definition) is 0. The van der Waals surface area contributed by atoms with Crippen molar-refractivity contribution < 1.29 is 9.59 Å². The van der Waals surface area contributed by atoms with E-state index in [1.807, 2.05) is 6.07 Å². The summed E-state index contributed by atoms with van der Waals surface area (Å²) in [6.07, 6.45) is 0.654. The summed E-state index contributed by atoms with van der Waals surface area (Å²) in [6, 6.07) is 4.98. The van der Waals surface area contributed by atoms with Gasteiger partial charge in [-0.2, -0.15) is 5.26 Å². The molecule has 0 radical (unpaired) electrons. The molecule has 1 aromatic rings. The predicted octanol–water partition coefficient (Wildman–Crippen LogP) is 2.26. The fraction of sp³-hybridized carbons (Fsp3) is 0.182. The van der Waals surface area contributed by atoms with Crippen molar-refractivity contribution in [2.75, 3.05) is 5.33 Å². The molecular weight excluding hydrogens is 258 g/mol. The molecule has 0 aliphatic rings. The number of halogens is 1. The molecule has 0 aliphatic carbocycles. The van der Waals surface area contributed by atoms with E-state index in [0.29, 0.717) is 28.5 Å². The Bertz CT molecular complexity index is 460. The molecule has 0 atom stereocenters. The van der Waals surface area contributed by atoms with Gasteiger partial charge in [0.05, 0.1) is 17.0 Å². The first-order valence-corrected chi connectivity index (χ1v) is 5.35. The van der Waals surface area contributed by atoms with Crippen LogP contribution in [0.25, 0.3) is 0 Å². The van der Waals surface area contributed by atoms with Crippen LogP contribution in [0.5, 0.6) is 0 Å². The summed E-state index contributed by atoms with van der Waals surface area (Å²) in [5.41, 5.74) is 1.75. The van der Waals surface area contributed by atoms with E-state index < -0.39 is 0 Å². The minimum Gasteiger partial charge on any atom is -0.298 e. The molecule has 0 fully saturated rings. The van der Waals surface area contributed by atoms with Crippen LogP contribution < -0.4 is 0 Å². The minimum absolute atomic E-state index is 0.144. The predicted molar refractivity (Wildman–Crippen MR) is 59.4 cm³/mol. The topological polar surface area (TPSA) is 57.9 Å². The summed E-state index contributed by atoms with van der Waals surface area (Å²) >= 11 is 3.04. The van der Waals surface area contributed by atoms with E-state index in [9.17, 15) is 9.59 Å². The second-order valence-electron chi connectivity index (χ2n) is 3.02. The number of alkyl halides is 1. The van der Waals surface area contributed by atoms with E-state index in [1.54, 1.807) is 6.92 Å². The second-order valence-corrected chi connectivity index (χ2v) is 3.59. The van der Waals surface area contributed by atoms with Gasteiger partial charge in [-0.1, -0.05) is 15.9 Å². The first kappa shape index (κ1) is 11.6. The van der Waals surface area contributed by atoms with Crippen LogP contribution >= 0.6 is 15.9 Å². The van der Waals surface area contributed by atoms with E-state index in [2.05, 4.69) is 15.9 Å². The monoisotopic (exact) mass is 265 g/mol. The average Bonchev–Trinajstić information content (AvgIpc) is 2.28. The summed E-state index contributed by atoms with van der Waals surface area (Å²) in [4.78, 5) is 22.1. The molecule has 0 saturated carbocycles. The minimum atomic E-state index is -0.144. The summed E-state index contributed by atoms with van der Waals surface area (Å²) in [6.45, 7) is 1.69. The number of hydrogen-bond acceptors (Lipinski definition) is 3. The maximum absolute atomic E-state index is 11.4. The lowest BCUT2D eigenvalue weighted by Crippen LogP contribution is -2.03. The Kier molecular flexibility index (Phi) is 3.75. The largest absolute Gasteiger partial charge is 0.298 e. The Labute approximate surface area is 95.8 Å². The van der Waals surface area contributed by atoms with Crippen molar-refractivity contribution in [3.8, 4) is 6.07 Å². The molecule has 0 amide bonds. The number of Topliss-reactive ketones (excluding diaryl/α,β-unsaturated/α-hetero) is 1. The maximum atomic E-state index is 11.4. The molecule has 0 bridgehead atoms. The Hall–Kier alpha value is -1.47. The molecule has 0 aromatic heterocycles. The summed E-state index contributed by atoms with van der Waals surface area (Å²) in [7, 11) is 0. The van der Waals surface area contributed by atoms with E-state index in [0.717, 1.165) is 0 Å². The second kappa shape index (κ2) is 4.85. The lowest BCUT2D eigenvalue weighted by molar-refractivity contribution is 0.102. The Morgan fingerprint density at radius 3 is 2.73 bits per heavy atom. The van der Waals surface area contributed by atoms with Gasteiger partial charge in [0.25, 0.3) is 0 Å². The van der Waals surface area contributed by atoms with Gasteiger partial charge in [0.2, 0.25) is 0 Å². The first-order chi connectivity index (χ1) is 7.13. The van der Waals surface area contributed by atoms with Crippen molar-refractivity contribution in [2.45, 2.75) is 6.92 Å². The lowest BCUT2D eigenvalue weighted by Gasteiger charge is -2.04. The number of nitrogens with zero attached hydrogens (tertiary/aromatic N) is 1. The van der Waals surface area contributed by atoms with Crippen LogP contribution in [0.2, 0.25) is 0 Å². The molecule has 0 saturated heterocycles. The van der Waals surface area contributed by atoms with E-state index >= 15 is 0 Å². The quantitative estimate of drug-likeness (QED) is 0.479. The number of aldehydes is 1. The summed E-state index contributed by atoms with van der Waals surface area (Å²) in [5, 5.41) is 9.01. The lowest BCUT2D eigenvalue weighted by atomic mass is 9.98. The Balaban J connectivity index is 3.41.